The molecule has 0 spiro atoms. The van der Waals surface area contributed by atoms with Crippen LogP contribution in [0.25, 0.3) is 21.5 Å². The van der Waals surface area contributed by atoms with Crippen molar-refractivity contribution in [2.24, 2.45) is 0 Å². The Hall–Kier alpha value is -2.11. The summed E-state index contributed by atoms with van der Waals surface area (Å²) in [6.07, 6.45) is 0. The van der Waals surface area contributed by atoms with Gasteiger partial charge >= 0.3 is 0 Å². The van der Waals surface area contributed by atoms with Crippen LogP contribution < -0.4 is 10.2 Å². The quantitative estimate of drug-likeness (QED) is 0.346. The lowest BCUT2D eigenvalue weighted by Crippen LogP contribution is -2.08. The highest BCUT2D eigenvalue weighted by Gasteiger charge is 2.28. The largest absolute Gasteiger partial charge is 0.455 e. The minimum absolute atomic E-state index is 0.638. The molecule has 5 heteroatoms. The van der Waals surface area contributed by atoms with E-state index in [-0.39, 0.29) is 0 Å². The maximum Gasteiger partial charge on any atom is 0.144 e. The summed E-state index contributed by atoms with van der Waals surface area (Å²) in [4.78, 5) is 1.43. The van der Waals surface area contributed by atoms with Crippen molar-refractivity contribution in [2.75, 3.05) is 0 Å². The van der Waals surface area contributed by atoms with Gasteiger partial charge in [-0.3, -0.25) is 0 Å². The minimum Gasteiger partial charge on any atom is -0.455 e. The summed E-state index contributed by atoms with van der Waals surface area (Å²) >= 11 is 3.49. The van der Waals surface area contributed by atoms with Gasteiger partial charge in [0.25, 0.3) is 0 Å². The highest BCUT2D eigenvalue weighted by molar-refractivity contribution is 9.10. The summed E-state index contributed by atoms with van der Waals surface area (Å²) in [7, 11) is 4.55. The molecule has 0 saturated heterocycles. The molecule has 5 rings (SSSR count). The van der Waals surface area contributed by atoms with Crippen LogP contribution in [0.4, 0.5) is 0 Å². The summed E-state index contributed by atoms with van der Waals surface area (Å²) < 4.78 is 20.6. The van der Waals surface area contributed by atoms with E-state index in [1.165, 1.54) is 0 Å². The van der Waals surface area contributed by atoms with Gasteiger partial charge in [0.2, 0.25) is 0 Å². The van der Waals surface area contributed by atoms with Crippen molar-refractivity contribution in [3.63, 3.8) is 0 Å². The molecule has 0 bridgehead atoms. The Balaban J connectivity index is 1.84. The van der Waals surface area contributed by atoms with Crippen molar-refractivity contribution in [2.45, 2.75) is 9.79 Å². The zero-order valence-electron chi connectivity index (χ0n) is 13.0. The van der Waals surface area contributed by atoms with Crippen molar-refractivity contribution in [1.29, 1.82) is 0 Å². The van der Waals surface area contributed by atoms with Crippen LogP contribution in [0, 0.1) is 0 Å². The van der Waals surface area contributed by atoms with Gasteiger partial charge in [-0.25, -0.2) is 4.21 Å². The van der Waals surface area contributed by atoms with Gasteiger partial charge in [-0.15, -0.1) is 0 Å². The molecule has 25 heavy (non-hydrogen) atoms. The highest BCUT2D eigenvalue weighted by atomic mass is 79.9. The molecular formula is C20H10BBrO2S. The smallest absolute Gasteiger partial charge is 0.144 e. The Bertz CT molecular complexity index is 1130. The Morgan fingerprint density at radius 2 is 1.40 bits per heavy atom. The lowest BCUT2D eigenvalue weighted by Gasteiger charge is -2.22. The summed E-state index contributed by atoms with van der Waals surface area (Å²) in [6.45, 7) is 0. The first-order chi connectivity index (χ1) is 12.1. The van der Waals surface area contributed by atoms with E-state index >= 15 is 0 Å². The third kappa shape index (κ3) is 2.26. The molecule has 2 nitrogen and oxygen atoms in total. The van der Waals surface area contributed by atoms with E-state index in [0.29, 0.717) is 21.9 Å². The zero-order chi connectivity index (χ0) is 17.1. The second-order valence-electron chi connectivity index (χ2n) is 6.00. The van der Waals surface area contributed by atoms with Crippen molar-refractivity contribution >= 4 is 61.6 Å². The van der Waals surface area contributed by atoms with Gasteiger partial charge in [0, 0.05) is 15.2 Å². The number of fused-ring (bicyclic) bond motifs is 6. The Morgan fingerprint density at radius 3 is 2.08 bits per heavy atom. The predicted octanol–water partition coefficient (Wildman–Crippen LogP) is 4.82. The second-order valence-corrected chi connectivity index (χ2v) is 8.27. The molecule has 0 fully saturated rings. The zero-order valence-corrected chi connectivity index (χ0v) is 15.4. The number of benzene rings is 4. The standard InChI is InChI=1S/C20H10BBrO2S/c21-13-3-5-15-11(9-13)1-7-17-19(15)25(23)20-16-6-4-14(22)10-12(16)2-8-18(20)24-17/h1-10H. The molecule has 1 unspecified atom stereocenters. The lowest BCUT2D eigenvalue weighted by molar-refractivity contribution is 0.454. The molecule has 0 amide bonds. The molecular weight excluding hydrogens is 395 g/mol. The average Bonchev–Trinajstić information content (AvgIpc) is 2.61. The first-order valence-corrected chi connectivity index (χ1v) is 9.70. The number of hydrogen-bond acceptors (Lipinski definition) is 2. The van der Waals surface area contributed by atoms with Gasteiger partial charge in [0.1, 0.15) is 19.3 Å². The normalized spacial score (nSPS) is 15.6. The van der Waals surface area contributed by atoms with Gasteiger partial charge in [-0.1, -0.05) is 57.8 Å². The van der Waals surface area contributed by atoms with Gasteiger partial charge in [-0.05, 0) is 35.0 Å². The Morgan fingerprint density at radius 1 is 0.800 bits per heavy atom. The number of rotatable bonds is 0. The van der Waals surface area contributed by atoms with Crippen molar-refractivity contribution in [3.8, 4) is 11.5 Å². The van der Waals surface area contributed by atoms with Crippen molar-refractivity contribution in [3.05, 3.63) is 65.1 Å². The van der Waals surface area contributed by atoms with Gasteiger partial charge in [0.15, 0.2) is 0 Å². The van der Waals surface area contributed by atoms with Gasteiger partial charge in [-0.2, -0.15) is 0 Å². The molecule has 2 radical (unpaired) electrons. The van der Waals surface area contributed by atoms with E-state index in [4.69, 9.17) is 12.6 Å². The first kappa shape index (κ1) is 15.2. The van der Waals surface area contributed by atoms with Crippen LogP contribution in [0.2, 0.25) is 0 Å². The molecule has 118 valence electrons. The molecule has 4 aromatic rings. The molecule has 0 aromatic heterocycles. The predicted molar refractivity (Wildman–Crippen MR) is 106 cm³/mol. The number of hydrogen-bond donors (Lipinski definition) is 0. The first-order valence-electron chi connectivity index (χ1n) is 7.76. The van der Waals surface area contributed by atoms with E-state index < -0.39 is 10.8 Å². The van der Waals surface area contributed by atoms with Crippen LogP contribution in [0.15, 0.2) is 74.9 Å². The molecule has 1 atom stereocenters. The molecule has 1 aliphatic heterocycles. The van der Waals surface area contributed by atoms with Crippen LogP contribution >= 0.6 is 15.9 Å². The van der Waals surface area contributed by atoms with E-state index in [9.17, 15) is 4.21 Å². The van der Waals surface area contributed by atoms with Crippen LogP contribution in [0.5, 0.6) is 11.5 Å². The SMILES string of the molecule is [B]c1ccc2c3c(ccc2c1)Oc1ccc2cc(Br)ccc2c1S3=O. The minimum atomic E-state index is -1.33. The fourth-order valence-corrected chi connectivity index (χ4v) is 5.25. The highest BCUT2D eigenvalue weighted by Crippen LogP contribution is 2.46. The molecule has 4 aromatic carbocycles. The van der Waals surface area contributed by atoms with Crippen LogP contribution in [0.1, 0.15) is 0 Å². The van der Waals surface area contributed by atoms with Crippen molar-refractivity contribution < 1.29 is 8.95 Å². The van der Waals surface area contributed by atoms with Crippen molar-refractivity contribution in [1.82, 2.24) is 0 Å². The van der Waals surface area contributed by atoms with E-state index in [2.05, 4.69) is 15.9 Å². The molecule has 0 saturated carbocycles. The summed E-state index contributed by atoms with van der Waals surface area (Å²) in [6, 6.07) is 19.3. The number of halogens is 1. The van der Waals surface area contributed by atoms with Gasteiger partial charge in [0.05, 0.1) is 20.6 Å². The summed E-state index contributed by atoms with van der Waals surface area (Å²) in [5.41, 5.74) is 0.686. The molecule has 1 aliphatic rings. The van der Waals surface area contributed by atoms with Crippen LogP contribution in [-0.4, -0.2) is 12.1 Å². The third-order valence-electron chi connectivity index (χ3n) is 4.45. The summed E-state index contributed by atoms with van der Waals surface area (Å²) in [5, 5.41) is 3.84. The molecule has 1 heterocycles. The fraction of sp³-hybridized carbons (Fsp3) is 0. The average molecular weight is 405 g/mol. The maximum atomic E-state index is 13.5. The van der Waals surface area contributed by atoms with Crippen LogP contribution in [-0.2, 0) is 10.8 Å². The van der Waals surface area contributed by atoms with Crippen LogP contribution in [0.3, 0.4) is 0 Å². The molecule has 0 N–H and O–H groups in total. The van der Waals surface area contributed by atoms with E-state index in [1.54, 1.807) is 0 Å². The molecule has 0 aliphatic carbocycles. The second kappa shape index (κ2) is 5.45. The fourth-order valence-electron chi connectivity index (χ4n) is 3.32. The number of ether oxygens (including phenoxy) is 1. The van der Waals surface area contributed by atoms with E-state index in [1.807, 2.05) is 60.7 Å². The Labute approximate surface area is 156 Å². The Kier molecular flexibility index (Phi) is 3.31. The maximum absolute atomic E-state index is 13.5. The van der Waals surface area contributed by atoms with E-state index in [0.717, 1.165) is 30.9 Å². The lowest BCUT2D eigenvalue weighted by atomic mass is 9.93. The summed E-state index contributed by atoms with van der Waals surface area (Å²) in [5.74, 6) is 1.29. The van der Waals surface area contributed by atoms with Gasteiger partial charge < -0.3 is 4.74 Å². The monoisotopic (exact) mass is 404 g/mol. The topological polar surface area (TPSA) is 26.3 Å². The third-order valence-corrected chi connectivity index (χ3v) is 6.52.